The zero-order valence-corrected chi connectivity index (χ0v) is 10.3. The third-order valence-electron chi connectivity index (χ3n) is 2.37. The predicted octanol–water partition coefficient (Wildman–Crippen LogP) is 0.971. The largest absolute Gasteiger partial charge is 0.398 e. The van der Waals surface area contributed by atoms with E-state index < -0.39 is 0 Å². The predicted molar refractivity (Wildman–Crippen MR) is 68.0 cm³/mol. The minimum atomic E-state index is -0.0709. The van der Waals surface area contributed by atoms with Crippen LogP contribution < -0.4 is 11.1 Å². The van der Waals surface area contributed by atoms with Crippen molar-refractivity contribution in [3.8, 4) is 0 Å². The highest BCUT2D eigenvalue weighted by Crippen LogP contribution is 2.18. The van der Waals surface area contributed by atoms with Crippen LogP contribution in [0.4, 0.5) is 11.4 Å². The number of nitrogens with two attached hydrogens (primary N) is 1. The van der Waals surface area contributed by atoms with Crippen molar-refractivity contribution in [1.29, 1.82) is 0 Å². The van der Waals surface area contributed by atoms with Crippen molar-refractivity contribution in [3.05, 3.63) is 23.8 Å². The third kappa shape index (κ3) is 3.48. The molecule has 1 aromatic carbocycles. The van der Waals surface area contributed by atoms with Crippen molar-refractivity contribution < 1.29 is 9.59 Å². The molecule has 0 radical (unpaired) electrons. The number of nitrogens with one attached hydrogen (secondary N) is 1. The zero-order chi connectivity index (χ0) is 13.0. The molecule has 1 rings (SSSR count). The second-order valence-corrected chi connectivity index (χ2v) is 4.00. The lowest BCUT2D eigenvalue weighted by Crippen LogP contribution is -2.28. The van der Waals surface area contributed by atoms with Crippen LogP contribution in [0, 0.1) is 0 Å². The van der Waals surface area contributed by atoms with Crippen molar-refractivity contribution in [2.24, 2.45) is 0 Å². The number of benzene rings is 1. The number of nitrogens with zero attached hydrogens (tertiary/aromatic N) is 1. The van der Waals surface area contributed by atoms with Gasteiger partial charge in [-0.05, 0) is 25.1 Å². The minimum absolute atomic E-state index is 0.0285. The molecule has 1 amide bonds. The van der Waals surface area contributed by atoms with Gasteiger partial charge in [0.25, 0.3) is 0 Å². The Hall–Kier alpha value is -2.04. The van der Waals surface area contributed by atoms with Gasteiger partial charge in [-0.1, -0.05) is 0 Å². The van der Waals surface area contributed by atoms with Crippen LogP contribution in [-0.2, 0) is 4.79 Å². The second-order valence-electron chi connectivity index (χ2n) is 4.00. The Morgan fingerprint density at radius 2 is 2.00 bits per heavy atom. The smallest absolute Gasteiger partial charge is 0.241 e. The standard InChI is InChI=1S/C12H17N3O2/c1-8(16)10-5-4-9(6-11(10)13)14-7-12(17)15(2)3/h4-6,14H,7,13H2,1-3H3. The number of anilines is 2. The van der Waals surface area contributed by atoms with Gasteiger partial charge in [0.1, 0.15) is 0 Å². The van der Waals surface area contributed by atoms with Gasteiger partial charge in [-0.3, -0.25) is 9.59 Å². The molecule has 0 aliphatic rings. The molecule has 3 N–H and O–H groups in total. The number of nitrogen functional groups attached to an aromatic ring is 1. The summed E-state index contributed by atoms with van der Waals surface area (Å²) < 4.78 is 0. The molecular formula is C12H17N3O2. The average Bonchev–Trinajstić information content (AvgIpc) is 2.25. The van der Waals surface area contributed by atoms with E-state index in [0.29, 0.717) is 11.3 Å². The Morgan fingerprint density at radius 1 is 1.35 bits per heavy atom. The molecule has 0 saturated heterocycles. The molecule has 5 heteroatoms. The monoisotopic (exact) mass is 235 g/mol. The number of amides is 1. The maximum Gasteiger partial charge on any atom is 0.241 e. The summed E-state index contributed by atoms with van der Waals surface area (Å²) >= 11 is 0. The van der Waals surface area contributed by atoms with Gasteiger partial charge in [-0.25, -0.2) is 0 Å². The topological polar surface area (TPSA) is 75.4 Å². The fourth-order valence-electron chi connectivity index (χ4n) is 1.33. The summed E-state index contributed by atoms with van der Waals surface area (Å²) in [6.07, 6.45) is 0. The van der Waals surface area contributed by atoms with E-state index in [0.717, 1.165) is 5.69 Å². The van der Waals surface area contributed by atoms with Crippen molar-refractivity contribution in [2.75, 3.05) is 31.7 Å². The molecule has 1 aromatic rings. The quantitative estimate of drug-likeness (QED) is 0.602. The van der Waals surface area contributed by atoms with Crippen molar-refractivity contribution >= 4 is 23.1 Å². The van der Waals surface area contributed by atoms with Crippen LogP contribution in [0.15, 0.2) is 18.2 Å². The van der Waals surface area contributed by atoms with E-state index in [-0.39, 0.29) is 18.2 Å². The lowest BCUT2D eigenvalue weighted by molar-refractivity contribution is -0.126. The Bertz CT molecular complexity index is 441. The maximum absolute atomic E-state index is 11.4. The number of Topliss-reactive ketones (excluding diaryl/α,β-unsaturated/α-hetero) is 1. The first kappa shape index (κ1) is 13.0. The fraction of sp³-hybridized carbons (Fsp3) is 0.333. The van der Waals surface area contributed by atoms with Gasteiger partial charge >= 0.3 is 0 Å². The van der Waals surface area contributed by atoms with E-state index in [1.807, 2.05) is 0 Å². The summed E-state index contributed by atoms with van der Waals surface area (Å²) in [6.45, 7) is 1.67. The van der Waals surface area contributed by atoms with Crippen LogP contribution in [0.3, 0.4) is 0 Å². The van der Waals surface area contributed by atoms with E-state index in [1.54, 1.807) is 32.3 Å². The van der Waals surface area contributed by atoms with Gasteiger partial charge in [-0.2, -0.15) is 0 Å². The summed E-state index contributed by atoms with van der Waals surface area (Å²) in [6, 6.07) is 5.04. The molecule has 0 aliphatic heterocycles. The van der Waals surface area contributed by atoms with Crippen molar-refractivity contribution in [1.82, 2.24) is 4.90 Å². The van der Waals surface area contributed by atoms with Crippen molar-refractivity contribution in [2.45, 2.75) is 6.92 Å². The lowest BCUT2D eigenvalue weighted by atomic mass is 10.1. The third-order valence-corrected chi connectivity index (χ3v) is 2.37. The molecule has 0 heterocycles. The molecule has 17 heavy (non-hydrogen) atoms. The molecule has 0 spiro atoms. The van der Waals surface area contributed by atoms with Crippen LogP contribution in [0.5, 0.6) is 0 Å². The summed E-state index contributed by atoms with van der Waals surface area (Å²) in [4.78, 5) is 24.0. The molecule has 0 fully saturated rings. The number of ketones is 1. The summed E-state index contributed by atoms with van der Waals surface area (Å²) in [5, 5.41) is 2.95. The summed E-state index contributed by atoms with van der Waals surface area (Å²) in [5.41, 5.74) is 7.37. The highest BCUT2D eigenvalue weighted by atomic mass is 16.2. The van der Waals surface area contributed by atoms with Gasteiger partial charge < -0.3 is 16.0 Å². The van der Waals surface area contributed by atoms with E-state index >= 15 is 0 Å². The Balaban J connectivity index is 2.71. The lowest BCUT2D eigenvalue weighted by Gasteiger charge is -2.12. The van der Waals surface area contributed by atoms with Gasteiger partial charge in [0.05, 0.1) is 6.54 Å². The number of carbonyl (C=O) groups is 2. The first-order valence-electron chi connectivity index (χ1n) is 5.26. The molecule has 0 aliphatic carbocycles. The maximum atomic E-state index is 11.4. The summed E-state index contributed by atoms with van der Waals surface area (Å²) in [5.74, 6) is -0.0994. The SMILES string of the molecule is CC(=O)c1ccc(NCC(=O)N(C)C)cc1N. The first-order valence-corrected chi connectivity index (χ1v) is 5.26. The van der Waals surface area contributed by atoms with E-state index in [2.05, 4.69) is 5.32 Å². The van der Waals surface area contributed by atoms with Gasteiger partial charge in [0.2, 0.25) is 5.91 Å². The van der Waals surface area contributed by atoms with Crippen LogP contribution in [0.25, 0.3) is 0 Å². The molecule has 0 atom stereocenters. The first-order chi connectivity index (χ1) is 7.91. The second kappa shape index (κ2) is 5.34. The molecule has 0 aromatic heterocycles. The van der Waals surface area contributed by atoms with Crippen LogP contribution in [0.2, 0.25) is 0 Å². The van der Waals surface area contributed by atoms with Gasteiger partial charge in [0, 0.05) is 31.0 Å². The van der Waals surface area contributed by atoms with E-state index in [1.165, 1.54) is 11.8 Å². The van der Waals surface area contributed by atoms with Gasteiger partial charge in [-0.15, -0.1) is 0 Å². The molecular weight excluding hydrogens is 218 g/mol. The number of hydrogen-bond donors (Lipinski definition) is 2. The highest BCUT2D eigenvalue weighted by Gasteiger charge is 2.07. The molecule has 5 nitrogen and oxygen atoms in total. The average molecular weight is 235 g/mol. The molecule has 92 valence electrons. The minimum Gasteiger partial charge on any atom is -0.398 e. The number of likely N-dealkylation sites (N-methyl/N-ethyl adjacent to an activating group) is 1. The van der Waals surface area contributed by atoms with E-state index in [9.17, 15) is 9.59 Å². The number of hydrogen-bond acceptors (Lipinski definition) is 4. The van der Waals surface area contributed by atoms with Crippen LogP contribution in [-0.4, -0.2) is 37.2 Å². The zero-order valence-electron chi connectivity index (χ0n) is 10.3. The summed E-state index contributed by atoms with van der Waals surface area (Å²) in [7, 11) is 3.38. The van der Waals surface area contributed by atoms with Crippen LogP contribution in [0.1, 0.15) is 17.3 Å². The Labute approximate surface area is 101 Å². The normalized spacial score (nSPS) is 9.82. The molecule has 0 unspecified atom stereocenters. The highest BCUT2D eigenvalue weighted by molar-refractivity contribution is 5.99. The number of rotatable bonds is 4. The van der Waals surface area contributed by atoms with Crippen LogP contribution >= 0.6 is 0 Å². The number of carbonyl (C=O) groups excluding carboxylic acids is 2. The molecule has 0 bridgehead atoms. The fourth-order valence-corrected chi connectivity index (χ4v) is 1.33. The molecule has 0 saturated carbocycles. The van der Waals surface area contributed by atoms with E-state index in [4.69, 9.17) is 5.73 Å². The van der Waals surface area contributed by atoms with Crippen molar-refractivity contribution in [3.63, 3.8) is 0 Å². The Morgan fingerprint density at radius 3 is 2.47 bits per heavy atom. The Kier molecular flexibility index (Phi) is 4.09. The van der Waals surface area contributed by atoms with Gasteiger partial charge in [0.15, 0.2) is 5.78 Å².